The van der Waals surface area contributed by atoms with Gasteiger partial charge in [0.25, 0.3) is 0 Å². The fourth-order valence-corrected chi connectivity index (χ4v) is 5.26. The molecule has 2 aromatic rings. The van der Waals surface area contributed by atoms with E-state index in [9.17, 15) is 14.3 Å². The summed E-state index contributed by atoms with van der Waals surface area (Å²) in [5, 5.41) is 12.8. The Bertz CT molecular complexity index is 1020. The Kier molecular flexibility index (Phi) is 8.42. The van der Waals surface area contributed by atoms with Gasteiger partial charge in [0, 0.05) is 56.9 Å². The molecule has 0 radical (unpaired) electrons. The van der Waals surface area contributed by atoms with Gasteiger partial charge < -0.3 is 20.1 Å². The average molecular weight is 484 g/mol. The van der Waals surface area contributed by atoms with Crippen molar-refractivity contribution in [2.24, 2.45) is 5.92 Å². The summed E-state index contributed by atoms with van der Waals surface area (Å²) in [4.78, 5) is 17.5. The van der Waals surface area contributed by atoms with Crippen molar-refractivity contribution in [2.75, 3.05) is 31.6 Å². The van der Waals surface area contributed by atoms with E-state index in [0.717, 1.165) is 57.5 Å². The normalized spacial score (nSPS) is 23.2. The van der Waals surface area contributed by atoms with Gasteiger partial charge in [0.1, 0.15) is 11.6 Å². The van der Waals surface area contributed by atoms with Gasteiger partial charge in [-0.05, 0) is 80.5 Å². The fraction of sp³-hybridized carbons (Fsp3) is 0.536. The quantitative estimate of drug-likeness (QED) is 0.623. The van der Waals surface area contributed by atoms with Crippen molar-refractivity contribution >= 4 is 11.6 Å². The first-order chi connectivity index (χ1) is 16.8. The van der Waals surface area contributed by atoms with E-state index in [1.54, 1.807) is 11.0 Å². The molecule has 0 spiro atoms. The molecule has 35 heavy (non-hydrogen) atoms. The van der Waals surface area contributed by atoms with E-state index in [1.165, 1.54) is 23.3 Å². The molecule has 1 aliphatic heterocycles. The van der Waals surface area contributed by atoms with Crippen LogP contribution >= 0.6 is 0 Å². The Labute approximate surface area is 208 Å². The molecule has 190 valence electrons. The third kappa shape index (κ3) is 6.60. The molecule has 2 N–H and O–H groups in total. The van der Waals surface area contributed by atoms with E-state index in [-0.39, 0.29) is 24.5 Å². The van der Waals surface area contributed by atoms with E-state index in [4.69, 9.17) is 4.74 Å². The van der Waals surface area contributed by atoms with Crippen LogP contribution in [0.25, 0.3) is 0 Å². The van der Waals surface area contributed by atoms with E-state index >= 15 is 0 Å². The number of aliphatic hydroxyl groups excluding tert-OH is 1. The summed E-state index contributed by atoms with van der Waals surface area (Å²) < 4.78 is 19.7. The van der Waals surface area contributed by atoms with Gasteiger partial charge in [-0.1, -0.05) is 6.07 Å². The number of rotatable bonds is 7. The standard InChI is InChI=1S/C28H38FN3O3/c1-19-12-25(7-4-23(19)17-32-11-10-30-20(2)16-32)31(3)28(34)22-5-8-26(9-6-22)35-27-14-21(18-33)13-24(29)15-27/h4,7,12-15,20,22,26,30,33H,5-6,8-11,16-18H2,1-3H3/t20-,22-,26-/m0/s1. The van der Waals surface area contributed by atoms with Crippen LogP contribution in [0.1, 0.15) is 49.3 Å². The molecule has 0 bridgehead atoms. The number of anilines is 1. The molecular weight excluding hydrogens is 445 g/mol. The molecule has 0 aromatic heterocycles. The first-order valence-electron chi connectivity index (χ1n) is 12.7. The molecule has 1 saturated carbocycles. The maximum atomic E-state index is 13.7. The van der Waals surface area contributed by atoms with Crippen molar-refractivity contribution in [3.05, 3.63) is 58.9 Å². The summed E-state index contributed by atoms with van der Waals surface area (Å²) in [5.74, 6) is 0.121. The van der Waals surface area contributed by atoms with Gasteiger partial charge >= 0.3 is 0 Å². The zero-order chi connectivity index (χ0) is 24.9. The molecule has 6 nitrogen and oxygen atoms in total. The first kappa shape index (κ1) is 25.6. The lowest BCUT2D eigenvalue weighted by molar-refractivity contribution is -0.123. The van der Waals surface area contributed by atoms with Crippen LogP contribution < -0.4 is 15.0 Å². The maximum Gasteiger partial charge on any atom is 0.229 e. The lowest BCUT2D eigenvalue weighted by atomic mass is 9.86. The Morgan fingerprint density at radius 3 is 2.66 bits per heavy atom. The second kappa shape index (κ2) is 11.5. The molecule has 2 aliphatic rings. The minimum Gasteiger partial charge on any atom is -0.490 e. The van der Waals surface area contributed by atoms with Crippen LogP contribution in [0.15, 0.2) is 36.4 Å². The Hall–Kier alpha value is -2.48. The number of carbonyl (C=O) groups is 1. The number of nitrogens with one attached hydrogen (secondary N) is 1. The van der Waals surface area contributed by atoms with Crippen LogP contribution in [0.4, 0.5) is 10.1 Å². The highest BCUT2D eigenvalue weighted by atomic mass is 19.1. The minimum atomic E-state index is -0.416. The number of hydrogen-bond donors (Lipinski definition) is 2. The number of aliphatic hydroxyl groups is 1. The first-order valence-corrected chi connectivity index (χ1v) is 12.7. The van der Waals surface area contributed by atoms with Crippen molar-refractivity contribution in [1.82, 2.24) is 10.2 Å². The predicted molar refractivity (Wildman–Crippen MR) is 136 cm³/mol. The molecule has 7 heteroatoms. The molecule has 2 aromatic carbocycles. The Balaban J connectivity index is 1.31. The highest BCUT2D eigenvalue weighted by Gasteiger charge is 2.30. The number of nitrogens with zero attached hydrogens (tertiary/aromatic N) is 2. The van der Waals surface area contributed by atoms with Gasteiger partial charge in [0.05, 0.1) is 12.7 Å². The van der Waals surface area contributed by atoms with Crippen LogP contribution in [0, 0.1) is 18.7 Å². The van der Waals surface area contributed by atoms with Gasteiger partial charge in [-0.2, -0.15) is 0 Å². The number of halogens is 1. The zero-order valence-electron chi connectivity index (χ0n) is 21.1. The van der Waals surface area contributed by atoms with Crippen molar-refractivity contribution in [3.8, 4) is 5.75 Å². The summed E-state index contributed by atoms with van der Waals surface area (Å²) in [6.45, 7) is 8.18. The smallest absolute Gasteiger partial charge is 0.229 e. The van der Waals surface area contributed by atoms with E-state index in [2.05, 4.69) is 42.3 Å². The largest absolute Gasteiger partial charge is 0.490 e. The van der Waals surface area contributed by atoms with Crippen LogP contribution in [0.2, 0.25) is 0 Å². The molecule has 2 fully saturated rings. The number of aryl methyl sites for hydroxylation is 1. The van der Waals surface area contributed by atoms with Gasteiger partial charge in [0.15, 0.2) is 0 Å². The SMILES string of the molecule is Cc1cc(N(C)C(=O)[C@H]2CC[C@H](Oc3cc(F)cc(CO)c3)CC2)ccc1CN1CCN[C@@H](C)C1. The van der Waals surface area contributed by atoms with E-state index < -0.39 is 5.82 Å². The summed E-state index contributed by atoms with van der Waals surface area (Å²) in [7, 11) is 1.86. The lowest BCUT2D eigenvalue weighted by Gasteiger charge is -2.32. The minimum absolute atomic E-state index is 0.0392. The summed E-state index contributed by atoms with van der Waals surface area (Å²) in [5.41, 5.74) is 3.94. The summed E-state index contributed by atoms with van der Waals surface area (Å²) in [6, 6.07) is 11.2. The zero-order valence-corrected chi connectivity index (χ0v) is 21.1. The summed E-state index contributed by atoms with van der Waals surface area (Å²) >= 11 is 0. The number of carbonyl (C=O) groups excluding carboxylic acids is 1. The second-order valence-corrected chi connectivity index (χ2v) is 10.1. The predicted octanol–water partition coefficient (Wildman–Crippen LogP) is 4.02. The molecular formula is C28H38FN3O3. The van der Waals surface area contributed by atoms with Crippen molar-refractivity contribution < 1.29 is 19.0 Å². The van der Waals surface area contributed by atoms with Crippen LogP contribution in [-0.2, 0) is 17.9 Å². The molecule has 1 amide bonds. The summed E-state index contributed by atoms with van der Waals surface area (Å²) in [6.07, 6.45) is 2.93. The monoisotopic (exact) mass is 483 g/mol. The molecule has 0 unspecified atom stereocenters. The van der Waals surface area contributed by atoms with Gasteiger partial charge in [-0.3, -0.25) is 9.69 Å². The molecule has 1 saturated heterocycles. The third-order valence-electron chi connectivity index (χ3n) is 7.33. The number of hydrogen-bond acceptors (Lipinski definition) is 5. The average Bonchev–Trinajstić information content (AvgIpc) is 2.84. The van der Waals surface area contributed by atoms with Gasteiger partial charge in [0.2, 0.25) is 5.91 Å². The second-order valence-electron chi connectivity index (χ2n) is 10.1. The number of amides is 1. The molecule has 1 aliphatic carbocycles. The maximum absolute atomic E-state index is 13.7. The number of benzene rings is 2. The Morgan fingerprint density at radius 2 is 1.97 bits per heavy atom. The van der Waals surface area contributed by atoms with E-state index in [0.29, 0.717) is 17.4 Å². The van der Waals surface area contributed by atoms with Crippen LogP contribution in [0.3, 0.4) is 0 Å². The van der Waals surface area contributed by atoms with Gasteiger partial charge in [-0.15, -0.1) is 0 Å². The molecule has 4 rings (SSSR count). The topological polar surface area (TPSA) is 65.0 Å². The molecule has 1 atom stereocenters. The van der Waals surface area contributed by atoms with Crippen molar-refractivity contribution in [1.29, 1.82) is 0 Å². The van der Waals surface area contributed by atoms with Crippen molar-refractivity contribution in [3.63, 3.8) is 0 Å². The van der Waals surface area contributed by atoms with Crippen LogP contribution in [-0.4, -0.2) is 54.7 Å². The lowest BCUT2D eigenvalue weighted by Crippen LogP contribution is -2.48. The highest BCUT2D eigenvalue weighted by molar-refractivity contribution is 5.94. The fourth-order valence-electron chi connectivity index (χ4n) is 5.26. The highest BCUT2D eigenvalue weighted by Crippen LogP contribution is 2.31. The van der Waals surface area contributed by atoms with Gasteiger partial charge in [-0.25, -0.2) is 4.39 Å². The van der Waals surface area contributed by atoms with Crippen molar-refractivity contribution in [2.45, 2.75) is 64.8 Å². The molecule has 1 heterocycles. The number of piperazine rings is 1. The van der Waals surface area contributed by atoms with Crippen LogP contribution in [0.5, 0.6) is 5.75 Å². The Morgan fingerprint density at radius 1 is 1.20 bits per heavy atom. The number of ether oxygens (including phenoxy) is 1. The van der Waals surface area contributed by atoms with E-state index in [1.807, 2.05) is 7.05 Å². The third-order valence-corrected chi connectivity index (χ3v) is 7.33.